The number of carbonyl (C=O) groups is 4. The molecule has 0 aromatic carbocycles. The van der Waals surface area contributed by atoms with Gasteiger partial charge < -0.3 is 26.8 Å². The fraction of sp³-hybridized carbons (Fsp3) is 0.833. The fourth-order valence-electron chi connectivity index (χ4n) is 3.36. The average molecular weight is 471 g/mol. The van der Waals surface area contributed by atoms with E-state index in [1.54, 1.807) is 0 Å². The molecule has 0 rings (SSSR count). The predicted molar refractivity (Wildman–Crippen MR) is 129 cm³/mol. The number of carboxylic acid groups (broad SMARTS) is 1. The van der Waals surface area contributed by atoms with Gasteiger partial charge in [0.25, 0.3) is 0 Å². The molecule has 0 saturated heterocycles. The quantitative estimate of drug-likeness (QED) is 0.247. The van der Waals surface area contributed by atoms with Crippen LogP contribution >= 0.6 is 0 Å². The number of nitrogens with one attached hydrogen (secondary N) is 3. The molecule has 0 aliphatic carbocycles. The zero-order valence-corrected chi connectivity index (χ0v) is 21.6. The topological polar surface area (TPSA) is 151 Å². The Bertz CT molecular complexity index is 655. The maximum atomic E-state index is 13.2. The molecule has 0 aromatic rings. The SMILES string of the molecule is CCC(C)C(N)C(=O)NC(C(=O)NC(C(=O)NC(CC(C)C)C(=O)O)C(C)CC)C(C)CC. The summed E-state index contributed by atoms with van der Waals surface area (Å²) in [6.07, 6.45) is 2.24. The lowest BCUT2D eigenvalue weighted by atomic mass is 9.93. The van der Waals surface area contributed by atoms with Gasteiger partial charge in [-0.15, -0.1) is 0 Å². The Morgan fingerprint density at radius 1 is 0.697 bits per heavy atom. The van der Waals surface area contributed by atoms with E-state index in [1.165, 1.54) is 0 Å². The van der Waals surface area contributed by atoms with Gasteiger partial charge in [-0.05, 0) is 30.1 Å². The molecule has 9 heteroatoms. The number of rotatable bonds is 15. The van der Waals surface area contributed by atoms with E-state index in [4.69, 9.17) is 5.73 Å². The highest BCUT2D eigenvalue weighted by atomic mass is 16.4. The van der Waals surface area contributed by atoms with Crippen molar-refractivity contribution >= 4 is 23.7 Å². The number of hydrogen-bond donors (Lipinski definition) is 5. The van der Waals surface area contributed by atoms with E-state index in [9.17, 15) is 24.3 Å². The second-order valence-corrected chi connectivity index (χ2v) is 9.68. The Labute approximate surface area is 199 Å². The molecule has 6 N–H and O–H groups in total. The van der Waals surface area contributed by atoms with E-state index in [0.717, 1.165) is 6.42 Å². The number of carbonyl (C=O) groups excluding carboxylic acids is 3. The lowest BCUT2D eigenvalue weighted by molar-refractivity contribution is -0.143. The molecule has 3 amide bonds. The van der Waals surface area contributed by atoms with E-state index in [-0.39, 0.29) is 30.1 Å². The number of hydrogen-bond acceptors (Lipinski definition) is 5. The minimum Gasteiger partial charge on any atom is -0.480 e. The summed E-state index contributed by atoms with van der Waals surface area (Å²) in [5.74, 6) is -2.95. The highest BCUT2D eigenvalue weighted by Gasteiger charge is 2.34. The van der Waals surface area contributed by atoms with Crippen molar-refractivity contribution in [1.82, 2.24) is 16.0 Å². The molecule has 0 aliphatic heterocycles. The Morgan fingerprint density at radius 3 is 1.45 bits per heavy atom. The number of carboxylic acids is 1. The van der Waals surface area contributed by atoms with Crippen molar-refractivity contribution in [3.05, 3.63) is 0 Å². The summed E-state index contributed by atoms with van der Waals surface area (Å²) >= 11 is 0. The standard InChI is InChI=1S/C24H46N4O5/c1-9-14(6)18(25)21(29)27-20(16(8)11-3)23(31)28-19(15(7)10-2)22(30)26-17(24(32)33)12-13(4)5/h13-20H,9-12,25H2,1-8H3,(H,26,30)(H,27,29)(H,28,31)(H,32,33). The number of amides is 3. The molecule has 0 bridgehead atoms. The number of nitrogens with two attached hydrogens (primary N) is 1. The Balaban J connectivity index is 5.65. The monoisotopic (exact) mass is 470 g/mol. The maximum absolute atomic E-state index is 13.2. The van der Waals surface area contributed by atoms with Crippen molar-refractivity contribution < 1.29 is 24.3 Å². The maximum Gasteiger partial charge on any atom is 0.326 e. The summed E-state index contributed by atoms with van der Waals surface area (Å²) in [5, 5.41) is 17.6. The average Bonchev–Trinajstić information content (AvgIpc) is 2.77. The van der Waals surface area contributed by atoms with Crippen LogP contribution in [0.2, 0.25) is 0 Å². The largest absolute Gasteiger partial charge is 0.480 e. The summed E-state index contributed by atoms with van der Waals surface area (Å²) in [4.78, 5) is 50.5. The van der Waals surface area contributed by atoms with Gasteiger partial charge in [0.2, 0.25) is 17.7 Å². The van der Waals surface area contributed by atoms with Gasteiger partial charge in [0.1, 0.15) is 18.1 Å². The van der Waals surface area contributed by atoms with Gasteiger partial charge in [0, 0.05) is 0 Å². The molecular weight excluding hydrogens is 424 g/mol. The van der Waals surface area contributed by atoms with Gasteiger partial charge in [-0.25, -0.2) is 4.79 Å². The Kier molecular flexibility index (Phi) is 13.9. The summed E-state index contributed by atoms with van der Waals surface area (Å²) < 4.78 is 0. The summed E-state index contributed by atoms with van der Waals surface area (Å²) in [7, 11) is 0. The van der Waals surface area contributed by atoms with Crippen molar-refractivity contribution in [3.8, 4) is 0 Å². The first kappa shape index (κ1) is 30.8. The van der Waals surface area contributed by atoms with E-state index in [2.05, 4.69) is 16.0 Å². The van der Waals surface area contributed by atoms with E-state index in [0.29, 0.717) is 12.8 Å². The van der Waals surface area contributed by atoms with Gasteiger partial charge in [-0.1, -0.05) is 74.7 Å². The molecule has 33 heavy (non-hydrogen) atoms. The van der Waals surface area contributed by atoms with Crippen LogP contribution in [0.3, 0.4) is 0 Å². The smallest absolute Gasteiger partial charge is 0.326 e. The molecule has 0 heterocycles. The second-order valence-electron chi connectivity index (χ2n) is 9.68. The zero-order chi connectivity index (χ0) is 25.9. The van der Waals surface area contributed by atoms with E-state index < -0.39 is 47.9 Å². The minimum absolute atomic E-state index is 0.0433. The third kappa shape index (κ3) is 10.1. The fourth-order valence-corrected chi connectivity index (χ4v) is 3.36. The van der Waals surface area contributed by atoms with E-state index in [1.807, 2.05) is 55.4 Å². The van der Waals surface area contributed by atoms with Crippen LogP contribution in [0.25, 0.3) is 0 Å². The summed E-state index contributed by atoms with van der Waals surface area (Å²) in [6.45, 7) is 15.0. The van der Waals surface area contributed by atoms with Crippen LogP contribution in [0, 0.1) is 23.7 Å². The van der Waals surface area contributed by atoms with Crippen LogP contribution in [0.4, 0.5) is 0 Å². The second kappa shape index (κ2) is 14.9. The molecule has 7 unspecified atom stereocenters. The van der Waals surface area contributed by atoms with Gasteiger partial charge in [-0.3, -0.25) is 14.4 Å². The first-order valence-electron chi connectivity index (χ1n) is 12.2. The van der Waals surface area contributed by atoms with Gasteiger partial charge in [0.15, 0.2) is 0 Å². The third-order valence-corrected chi connectivity index (χ3v) is 6.47. The normalized spacial score (nSPS) is 17.8. The third-order valence-electron chi connectivity index (χ3n) is 6.47. The Hall–Kier alpha value is -2.16. The zero-order valence-electron chi connectivity index (χ0n) is 21.6. The lowest BCUT2D eigenvalue weighted by Gasteiger charge is -2.30. The first-order chi connectivity index (χ1) is 15.3. The summed E-state index contributed by atoms with van der Waals surface area (Å²) in [5.41, 5.74) is 6.04. The van der Waals surface area contributed by atoms with Crippen molar-refractivity contribution in [2.45, 2.75) is 105 Å². The molecule has 7 atom stereocenters. The minimum atomic E-state index is -1.12. The predicted octanol–water partition coefficient (Wildman–Crippen LogP) is 2.04. The summed E-state index contributed by atoms with van der Waals surface area (Å²) in [6, 6.07) is -3.57. The highest BCUT2D eigenvalue weighted by Crippen LogP contribution is 2.14. The van der Waals surface area contributed by atoms with E-state index >= 15 is 0 Å². The van der Waals surface area contributed by atoms with Crippen LogP contribution < -0.4 is 21.7 Å². The molecule has 192 valence electrons. The molecule has 0 aromatic heterocycles. The number of aliphatic carboxylic acids is 1. The molecule has 0 saturated carbocycles. The molecule has 0 spiro atoms. The van der Waals surface area contributed by atoms with Crippen LogP contribution in [-0.4, -0.2) is 53.0 Å². The molecule has 0 fully saturated rings. The van der Waals surface area contributed by atoms with Gasteiger partial charge in [-0.2, -0.15) is 0 Å². The molecule has 9 nitrogen and oxygen atoms in total. The van der Waals surface area contributed by atoms with Crippen molar-refractivity contribution in [2.75, 3.05) is 0 Å². The van der Waals surface area contributed by atoms with Crippen molar-refractivity contribution in [2.24, 2.45) is 29.4 Å². The van der Waals surface area contributed by atoms with Crippen LogP contribution in [0.15, 0.2) is 0 Å². The van der Waals surface area contributed by atoms with Crippen LogP contribution in [0.5, 0.6) is 0 Å². The van der Waals surface area contributed by atoms with Crippen molar-refractivity contribution in [1.29, 1.82) is 0 Å². The first-order valence-corrected chi connectivity index (χ1v) is 12.2. The van der Waals surface area contributed by atoms with Crippen LogP contribution in [-0.2, 0) is 19.2 Å². The van der Waals surface area contributed by atoms with Crippen LogP contribution in [0.1, 0.15) is 81.1 Å². The highest BCUT2D eigenvalue weighted by molar-refractivity contribution is 5.94. The lowest BCUT2D eigenvalue weighted by Crippen LogP contribution is -2.60. The molecule has 0 aliphatic rings. The van der Waals surface area contributed by atoms with Gasteiger partial charge >= 0.3 is 5.97 Å². The van der Waals surface area contributed by atoms with Gasteiger partial charge in [0.05, 0.1) is 6.04 Å². The molecule has 0 radical (unpaired) electrons. The Morgan fingerprint density at radius 2 is 1.09 bits per heavy atom. The van der Waals surface area contributed by atoms with Crippen molar-refractivity contribution in [3.63, 3.8) is 0 Å². The molecular formula is C24H46N4O5.